The van der Waals surface area contributed by atoms with Crippen LogP contribution in [0, 0.1) is 5.92 Å². The molecule has 0 aromatic heterocycles. The lowest BCUT2D eigenvalue weighted by molar-refractivity contribution is -0.122. The van der Waals surface area contributed by atoms with Gasteiger partial charge in [-0.1, -0.05) is 19.8 Å². The molecule has 4 nitrogen and oxygen atoms in total. The van der Waals surface area contributed by atoms with E-state index in [9.17, 15) is 4.79 Å². The molecule has 3 N–H and O–H groups in total. The van der Waals surface area contributed by atoms with Crippen molar-refractivity contribution < 1.29 is 4.79 Å². The summed E-state index contributed by atoms with van der Waals surface area (Å²) < 4.78 is 0. The van der Waals surface area contributed by atoms with Gasteiger partial charge >= 0.3 is 0 Å². The summed E-state index contributed by atoms with van der Waals surface area (Å²) in [6.07, 6.45) is 5.66. The summed E-state index contributed by atoms with van der Waals surface area (Å²) in [5.41, 5.74) is 2.20. The highest BCUT2D eigenvalue weighted by molar-refractivity contribution is 5.75. The molecule has 94 valence electrons. The average molecular weight is 227 g/mol. The van der Waals surface area contributed by atoms with Crippen LogP contribution in [-0.4, -0.2) is 29.9 Å². The highest BCUT2D eigenvalue weighted by atomic mass is 16.2. The zero-order chi connectivity index (χ0) is 12.1. The number of carbonyl (C=O) groups excluding carboxylic acids is 1. The van der Waals surface area contributed by atoms with Crippen LogP contribution in [0.2, 0.25) is 0 Å². The maximum absolute atomic E-state index is 11.2. The van der Waals surface area contributed by atoms with Gasteiger partial charge in [0.2, 0.25) is 5.91 Å². The summed E-state index contributed by atoms with van der Waals surface area (Å²) >= 11 is 0. The topological polar surface area (TPSA) is 58.4 Å². The lowest BCUT2D eigenvalue weighted by Gasteiger charge is -2.37. The van der Waals surface area contributed by atoms with Crippen molar-refractivity contribution in [3.8, 4) is 0 Å². The molecule has 0 aromatic carbocycles. The fourth-order valence-corrected chi connectivity index (χ4v) is 2.60. The molecule has 1 saturated carbocycles. The van der Waals surface area contributed by atoms with Gasteiger partial charge in [-0.25, -0.2) is 5.84 Å². The predicted octanol–water partition coefficient (Wildman–Crippen LogP) is 1.27. The van der Waals surface area contributed by atoms with Gasteiger partial charge in [0.25, 0.3) is 0 Å². The number of hydrogen-bond donors (Lipinski definition) is 2. The molecule has 0 aromatic rings. The maximum Gasteiger partial charge on any atom is 0.235 e. The van der Waals surface area contributed by atoms with Crippen molar-refractivity contribution in [3.63, 3.8) is 0 Å². The Kier molecular flexibility index (Phi) is 5.22. The number of hydrogen-bond acceptors (Lipinski definition) is 3. The molecule has 0 saturated heterocycles. The molecule has 3 atom stereocenters. The quantitative estimate of drug-likeness (QED) is 0.432. The summed E-state index contributed by atoms with van der Waals surface area (Å²) in [5.74, 6) is 5.84. The molecular weight excluding hydrogens is 202 g/mol. The first-order valence-electron chi connectivity index (χ1n) is 6.26. The van der Waals surface area contributed by atoms with E-state index in [1.165, 1.54) is 25.7 Å². The van der Waals surface area contributed by atoms with Crippen LogP contribution in [0.15, 0.2) is 0 Å². The van der Waals surface area contributed by atoms with E-state index in [0.717, 1.165) is 5.92 Å². The van der Waals surface area contributed by atoms with Gasteiger partial charge in [0.05, 0.1) is 0 Å². The van der Waals surface area contributed by atoms with Crippen LogP contribution in [0.4, 0.5) is 0 Å². The highest BCUT2D eigenvalue weighted by Crippen LogP contribution is 2.27. The van der Waals surface area contributed by atoms with E-state index >= 15 is 0 Å². The third kappa shape index (κ3) is 3.76. The monoisotopic (exact) mass is 227 g/mol. The van der Waals surface area contributed by atoms with E-state index in [-0.39, 0.29) is 11.9 Å². The van der Waals surface area contributed by atoms with Crippen molar-refractivity contribution in [2.45, 2.75) is 58.0 Å². The van der Waals surface area contributed by atoms with Crippen LogP contribution in [0.3, 0.4) is 0 Å². The van der Waals surface area contributed by atoms with Crippen LogP contribution in [0.5, 0.6) is 0 Å². The third-order valence-corrected chi connectivity index (χ3v) is 3.82. The molecule has 1 aliphatic carbocycles. The third-order valence-electron chi connectivity index (χ3n) is 3.82. The Bertz CT molecular complexity index is 232. The molecule has 1 aliphatic rings. The minimum atomic E-state index is -0.0804. The van der Waals surface area contributed by atoms with Crippen LogP contribution in [0.1, 0.15) is 46.0 Å². The summed E-state index contributed by atoms with van der Waals surface area (Å²) in [5, 5.41) is 0. The molecule has 16 heavy (non-hydrogen) atoms. The van der Waals surface area contributed by atoms with Crippen molar-refractivity contribution in [1.29, 1.82) is 0 Å². The van der Waals surface area contributed by atoms with Crippen molar-refractivity contribution in [3.05, 3.63) is 0 Å². The van der Waals surface area contributed by atoms with E-state index in [0.29, 0.717) is 12.5 Å². The lowest BCUT2D eigenvalue weighted by Crippen LogP contribution is -2.44. The second-order valence-electron chi connectivity index (χ2n) is 5.21. The van der Waals surface area contributed by atoms with Gasteiger partial charge < -0.3 is 4.90 Å². The van der Waals surface area contributed by atoms with Crippen molar-refractivity contribution >= 4 is 5.91 Å². The molecule has 0 bridgehead atoms. The summed E-state index contributed by atoms with van der Waals surface area (Å²) in [4.78, 5) is 13.5. The maximum atomic E-state index is 11.2. The van der Waals surface area contributed by atoms with Crippen molar-refractivity contribution in [1.82, 2.24) is 10.3 Å². The zero-order valence-electron chi connectivity index (χ0n) is 10.7. The average Bonchev–Trinajstić information content (AvgIpc) is 2.27. The fourth-order valence-electron chi connectivity index (χ4n) is 2.60. The number of carbonyl (C=O) groups is 1. The number of hydrazine groups is 1. The van der Waals surface area contributed by atoms with Gasteiger partial charge in [0, 0.05) is 18.5 Å². The highest BCUT2D eigenvalue weighted by Gasteiger charge is 2.25. The molecule has 0 radical (unpaired) electrons. The Balaban J connectivity index is 2.42. The molecule has 1 amide bonds. The van der Waals surface area contributed by atoms with Gasteiger partial charge in [-0.3, -0.25) is 10.2 Å². The summed E-state index contributed by atoms with van der Waals surface area (Å²) in [6, 6.07) is 0.892. The first-order valence-corrected chi connectivity index (χ1v) is 6.26. The number of nitrogens with two attached hydrogens (primary N) is 1. The Morgan fingerprint density at radius 3 is 2.81 bits per heavy atom. The Morgan fingerprint density at radius 1 is 1.56 bits per heavy atom. The SMILES string of the molecule is CC1CCCC(N(C)C(C)CC(=O)NN)C1. The van der Waals surface area contributed by atoms with Gasteiger partial charge in [-0.2, -0.15) is 0 Å². The fraction of sp³-hybridized carbons (Fsp3) is 0.917. The normalized spacial score (nSPS) is 27.8. The summed E-state index contributed by atoms with van der Waals surface area (Å²) in [7, 11) is 2.12. The summed E-state index contributed by atoms with van der Waals surface area (Å²) in [6.45, 7) is 4.41. The standard InChI is InChI=1S/C12H25N3O/c1-9-5-4-6-11(7-9)15(3)10(2)8-12(16)14-13/h9-11H,4-8,13H2,1-3H3,(H,14,16). The molecular formula is C12H25N3O. The first kappa shape index (κ1) is 13.5. The van der Waals surface area contributed by atoms with E-state index in [2.05, 4.69) is 31.2 Å². The minimum Gasteiger partial charge on any atom is -0.300 e. The van der Waals surface area contributed by atoms with Crippen LogP contribution in [0.25, 0.3) is 0 Å². The number of rotatable bonds is 4. The Morgan fingerprint density at radius 2 is 2.25 bits per heavy atom. The Hall–Kier alpha value is -0.610. The van der Waals surface area contributed by atoms with E-state index in [1.807, 2.05) is 0 Å². The van der Waals surface area contributed by atoms with Crippen LogP contribution >= 0.6 is 0 Å². The van der Waals surface area contributed by atoms with Gasteiger partial charge in [-0.05, 0) is 32.7 Å². The van der Waals surface area contributed by atoms with Crippen LogP contribution < -0.4 is 11.3 Å². The van der Waals surface area contributed by atoms with Gasteiger partial charge in [0.15, 0.2) is 0 Å². The first-order chi connectivity index (χ1) is 7.54. The largest absolute Gasteiger partial charge is 0.300 e. The Labute approximate surface area is 98.5 Å². The van der Waals surface area contributed by atoms with Crippen LogP contribution in [-0.2, 0) is 4.79 Å². The minimum absolute atomic E-state index is 0.0804. The van der Waals surface area contributed by atoms with Gasteiger partial charge in [0.1, 0.15) is 0 Å². The number of nitrogens with one attached hydrogen (secondary N) is 1. The van der Waals surface area contributed by atoms with Crippen molar-refractivity contribution in [2.24, 2.45) is 11.8 Å². The van der Waals surface area contributed by atoms with E-state index in [1.54, 1.807) is 0 Å². The predicted molar refractivity (Wildman–Crippen MR) is 65.6 cm³/mol. The van der Waals surface area contributed by atoms with Crippen molar-refractivity contribution in [2.75, 3.05) is 7.05 Å². The molecule has 1 rings (SSSR count). The molecule has 0 heterocycles. The van der Waals surface area contributed by atoms with Gasteiger partial charge in [-0.15, -0.1) is 0 Å². The molecule has 1 fully saturated rings. The lowest BCUT2D eigenvalue weighted by atomic mass is 9.86. The number of nitrogens with zero attached hydrogens (tertiary/aromatic N) is 1. The number of amides is 1. The second-order valence-corrected chi connectivity index (χ2v) is 5.21. The molecule has 4 heteroatoms. The molecule has 0 aliphatic heterocycles. The zero-order valence-corrected chi connectivity index (χ0v) is 10.7. The van der Waals surface area contributed by atoms with E-state index in [4.69, 9.17) is 5.84 Å². The van der Waals surface area contributed by atoms with E-state index < -0.39 is 0 Å². The molecule has 0 spiro atoms. The second kappa shape index (κ2) is 6.21. The molecule has 3 unspecified atom stereocenters. The smallest absolute Gasteiger partial charge is 0.235 e.